The summed E-state index contributed by atoms with van der Waals surface area (Å²) in [5.41, 5.74) is 3.56. The number of H-pyrrole nitrogens is 1. The highest BCUT2D eigenvalue weighted by Crippen LogP contribution is 2.25. The second kappa shape index (κ2) is 4.68. The van der Waals surface area contributed by atoms with E-state index < -0.39 is 0 Å². The number of aromatic nitrogens is 4. The van der Waals surface area contributed by atoms with Crippen molar-refractivity contribution >= 4 is 28.2 Å². The first-order chi connectivity index (χ1) is 10.6. The van der Waals surface area contributed by atoms with Crippen molar-refractivity contribution in [3.63, 3.8) is 0 Å². The zero-order valence-electron chi connectivity index (χ0n) is 11.7. The van der Waals surface area contributed by atoms with Crippen molar-refractivity contribution in [3.05, 3.63) is 63.8 Å². The Balaban J connectivity index is 2.20. The molecule has 0 bridgehead atoms. The van der Waals surface area contributed by atoms with E-state index in [-0.39, 0.29) is 5.56 Å². The summed E-state index contributed by atoms with van der Waals surface area (Å²) >= 11 is 6.02. The predicted octanol–water partition coefficient (Wildman–Crippen LogP) is 3.20. The third-order valence-electron chi connectivity index (χ3n) is 3.69. The number of rotatable bonds is 1. The Morgan fingerprint density at radius 1 is 1.18 bits per heavy atom. The molecule has 1 N–H and O–H groups in total. The lowest BCUT2D eigenvalue weighted by molar-refractivity contribution is 1.13. The zero-order valence-corrected chi connectivity index (χ0v) is 12.4. The highest BCUT2D eigenvalue weighted by atomic mass is 35.5. The summed E-state index contributed by atoms with van der Waals surface area (Å²) in [6.45, 7) is 1.92. The van der Waals surface area contributed by atoms with Crippen molar-refractivity contribution in [3.8, 4) is 11.4 Å². The SMILES string of the molecule is Cc1ncccc1-c1ncc2c(=O)[nH]c3cc(Cl)ccc3n12. The number of hydrogen-bond acceptors (Lipinski definition) is 3. The quantitative estimate of drug-likeness (QED) is 0.587. The Morgan fingerprint density at radius 3 is 2.86 bits per heavy atom. The summed E-state index contributed by atoms with van der Waals surface area (Å²) in [6.07, 6.45) is 3.31. The van der Waals surface area contributed by atoms with Gasteiger partial charge in [0.2, 0.25) is 0 Å². The fourth-order valence-corrected chi connectivity index (χ4v) is 2.83. The highest BCUT2D eigenvalue weighted by molar-refractivity contribution is 6.31. The molecular weight excluding hydrogens is 300 g/mol. The van der Waals surface area contributed by atoms with E-state index in [1.807, 2.05) is 29.5 Å². The molecule has 0 amide bonds. The molecule has 0 atom stereocenters. The third-order valence-corrected chi connectivity index (χ3v) is 3.93. The van der Waals surface area contributed by atoms with Crippen LogP contribution in [0.5, 0.6) is 0 Å². The molecule has 0 radical (unpaired) electrons. The standard InChI is InChI=1S/C16H11ClN4O/c1-9-11(3-2-6-18-9)15-19-8-14-16(22)20-12-7-10(17)4-5-13(12)21(14)15/h2-8H,1H3,(H,20,22). The minimum atomic E-state index is -0.199. The number of aryl methyl sites for hydroxylation is 1. The van der Waals surface area contributed by atoms with Gasteiger partial charge in [0, 0.05) is 22.5 Å². The molecule has 0 saturated heterocycles. The largest absolute Gasteiger partial charge is 0.319 e. The van der Waals surface area contributed by atoms with Crippen LogP contribution in [0, 0.1) is 6.92 Å². The number of imidazole rings is 1. The first-order valence-corrected chi connectivity index (χ1v) is 7.14. The van der Waals surface area contributed by atoms with Gasteiger partial charge in [-0.15, -0.1) is 0 Å². The Kier molecular flexibility index (Phi) is 2.77. The molecule has 0 spiro atoms. The molecule has 3 aromatic heterocycles. The molecule has 5 nitrogen and oxygen atoms in total. The van der Waals surface area contributed by atoms with E-state index in [1.54, 1.807) is 24.5 Å². The Morgan fingerprint density at radius 2 is 2.05 bits per heavy atom. The number of halogens is 1. The minimum absolute atomic E-state index is 0.199. The van der Waals surface area contributed by atoms with E-state index in [1.165, 1.54) is 0 Å². The van der Waals surface area contributed by atoms with Crippen molar-refractivity contribution < 1.29 is 0 Å². The lowest BCUT2D eigenvalue weighted by atomic mass is 10.2. The number of pyridine rings is 1. The normalized spacial score (nSPS) is 11.4. The molecule has 0 saturated carbocycles. The van der Waals surface area contributed by atoms with Gasteiger partial charge in [-0.1, -0.05) is 11.6 Å². The van der Waals surface area contributed by atoms with E-state index in [0.29, 0.717) is 21.9 Å². The summed E-state index contributed by atoms with van der Waals surface area (Å²) in [5, 5.41) is 0.571. The first-order valence-electron chi connectivity index (χ1n) is 6.76. The molecule has 108 valence electrons. The number of hydrogen-bond donors (Lipinski definition) is 1. The lowest BCUT2D eigenvalue weighted by Crippen LogP contribution is -2.10. The van der Waals surface area contributed by atoms with Gasteiger partial charge in [-0.25, -0.2) is 4.98 Å². The average molecular weight is 311 g/mol. The van der Waals surface area contributed by atoms with Gasteiger partial charge in [0.05, 0.1) is 17.2 Å². The fraction of sp³-hybridized carbons (Fsp3) is 0.0625. The van der Waals surface area contributed by atoms with Crippen molar-refractivity contribution in [1.29, 1.82) is 0 Å². The minimum Gasteiger partial charge on any atom is -0.319 e. The van der Waals surface area contributed by atoms with Crippen molar-refractivity contribution in [2.24, 2.45) is 0 Å². The molecule has 0 aliphatic heterocycles. The molecule has 3 heterocycles. The second-order valence-electron chi connectivity index (χ2n) is 5.05. The summed E-state index contributed by atoms with van der Waals surface area (Å²) in [5.74, 6) is 0.694. The number of nitrogens with one attached hydrogen (secondary N) is 1. The molecule has 6 heteroatoms. The van der Waals surface area contributed by atoms with Gasteiger partial charge in [-0.05, 0) is 37.3 Å². The maximum Gasteiger partial charge on any atom is 0.274 e. The van der Waals surface area contributed by atoms with Crippen LogP contribution in [0.2, 0.25) is 5.02 Å². The zero-order chi connectivity index (χ0) is 15.3. The van der Waals surface area contributed by atoms with Crippen LogP contribution in [-0.4, -0.2) is 19.4 Å². The van der Waals surface area contributed by atoms with E-state index in [9.17, 15) is 4.79 Å². The summed E-state index contributed by atoms with van der Waals surface area (Å²) in [6, 6.07) is 9.20. The number of aromatic amines is 1. The summed E-state index contributed by atoms with van der Waals surface area (Å²) in [7, 11) is 0. The fourth-order valence-electron chi connectivity index (χ4n) is 2.66. The monoisotopic (exact) mass is 310 g/mol. The van der Waals surface area contributed by atoms with Gasteiger partial charge in [-0.2, -0.15) is 0 Å². The van der Waals surface area contributed by atoms with Crippen LogP contribution in [-0.2, 0) is 0 Å². The van der Waals surface area contributed by atoms with Crippen LogP contribution < -0.4 is 5.56 Å². The molecule has 0 fully saturated rings. The summed E-state index contributed by atoms with van der Waals surface area (Å²) < 4.78 is 1.84. The Bertz CT molecular complexity index is 1080. The molecule has 22 heavy (non-hydrogen) atoms. The summed E-state index contributed by atoms with van der Waals surface area (Å²) in [4.78, 5) is 23.8. The molecule has 0 aliphatic carbocycles. The maximum absolute atomic E-state index is 12.3. The van der Waals surface area contributed by atoms with Gasteiger partial charge in [0.1, 0.15) is 11.3 Å². The van der Waals surface area contributed by atoms with E-state index in [4.69, 9.17) is 11.6 Å². The van der Waals surface area contributed by atoms with Crippen molar-refractivity contribution in [1.82, 2.24) is 19.4 Å². The third kappa shape index (κ3) is 1.83. The smallest absolute Gasteiger partial charge is 0.274 e. The Labute approximate surface area is 130 Å². The molecule has 0 unspecified atom stereocenters. The van der Waals surface area contributed by atoms with Crippen LogP contribution in [0.25, 0.3) is 27.9 Å². The van der Waals surface area contributed by atoms with Gasteiger partial charge in [0.15, 0.2) is 0 Å². The average Bonchev–Trinajstić information content (AvgIpc) is 2.93. The van der Waals surface area contributed by atoms with Gasteiger partial charge < -0.3 is 4.98 Å². The predicted molar refractivity (Wildman–Crippen MR) is 86.3 cm³/mol. The van der Waals surface area contributed by atoms with E-state index in [2.05, 4.69) is 15.0 Å². The maximum atomic E-state index is 12.3. The number of nitrogens with zero attached hydrogens (tertiary/aromatic N) is 3. The molecule has 1 aromatic carbocycles. The number of benzene rings is 1. The van der Waals surface area contributed by atoms with Crippen molar-refractivity contribution in [2.45, 2.75) is 6.92 Å². The molecule has 4 aromatic rings. The van der Waals surface area contributed by atoms with Gasteiger partial charge >= 0.3 is 0 Å². The lowest BCUT2D eigenvalue weighted by Gasteiger charge is -2.07. The molecule has 4 rings (SSSR count). The van der Waals surface area contributed by atoms with Crippen LogP contribution >= 0.6 is 11.6 Å². The van der Waals surface area contributed by atoms with Gasteiger partial charge in [-0.3, -0.25) is 14.2 Å². The molecular formula is C16H11ClN4O. The van der Waals surface area contributed by atoms with Crippen LogP contribution in [0.4, 0.5) is 0 Å². The van der Waals surface area contributed by atoms with Crippen LogP contribution in [0.15, 0.2) is 47.5 Å². The van der Waals surface area contributed by atoms with Crippen LogP contribution in [0.1, 0.15) is 5.69 Å². The number of fused-ring (bicyclic) bond motifs is 3. The highest BCUT2D eigenvalue weighted by Gasteiger charge is 2.14. The second-order valence-corrected chi connectivity index (χ2v) is 5.49. The first kappa shape index (κ1) is 13.0. The molecule has 0 aliphatic rings. The van der Waals surface area contributed by atoms with Crippen LogP contribution in [0.3, 0.4) is 0 Å². The van der Waals surface area contributed by atoms with Gasteiger partial charge in [0.25, 0.3) is 5.56 Å². The Hall–Kier alpha value is -2.66. The topological polar surface area (TPSA) is 63.0 Å². The van der Waals surface area contributed by atoms with E-state index >= 15 is 0 Å². The van der Waals surface area contributed by atoms with E-state index in [0.717, 1.165) is 16.8 Å². The van der Waals surface area contributed by atoms with Crippen molar-refractivity contribution in [2.75, 3.05) is 0 Å².